The zero-order valence-electron chi connectivity index (χ0n) is 17.5. The SMILES string of the molecule is CCCOc1ccc(CNC(=NC)N2CCN(c3ncccn3)CC2)cc1OC. The van der Waals surface area contributed by atoms with Crippen molar-refractivity contribution in [3.05, 3.63) is 42.2 Å². The Labute approximate surface area is 172 Å². The molecule has 0 amide bonds. The molecule has 1 fully saturated rings. The monoisotopic (exact) mass is 398 g/mol. The van der Waals surface area contributed by atoms with Crippen molar-refractivity contribution in [1.82, 2.24) is 20.2 Å². The zero-order chi connectivity index (χ0) is 20.5. The van der Waals surface area contributed by atoms with E-state index in [9.17, 15) is 0 Å². The molecule has 1 N–H and O–H groups in total. The van der Waals surface area contributed by atoms with Gasteiger partial charge >= 0.3 is 0 Å². The molecule has 0 spiro atoms. The average Bonchev–Trinajstić information content (AvgIpc) is 2.79. The summed E-state index contributed by atoms with van der Waals surface area (Å²) < 4.78 is 11.2. The number of ether oxygens (including phenoxy) is 2. The predicted octanol–water partition coefficient (Wildman–Crippen LogP) is 2.17. The number of nitrogens with one attached hydrogen (secondary N) is 1. The van der Waals surface area contributed by atoms with Crippen LogP contribution in [-0.2, 0) is 6.54 Å². The molecule has 1 aliphatic heterocycles. The van der Waals surface area contributed by atoms with Gasteiger partial charge in [0, 0.05) is 52.2 Å². The number of anilines is 1. The Morgan fingerprint density at radius 2 is 1.90 bits per heavy atom. The molecular formula is C21H30N6O2. The molecule has 0 unspecified atom stereocenters. The molecule has 0 bridgehead atoms. The van der Waals surface area contributed by atoms with E-state index >= 15 is 0 Å². The first-order chi connectivity index (χ1) is 14.2. The highest BCUT2D eigenvalue weighted by Gasteiger charge is 2.21. The van der Waals surface area contributed by atoms with E-state index in [2.05, 4.69) is 43.1 Å². The number of guanidine groups is 1. The fourth-order valence-corrected chi connectivity index (χ4v) is 3.24. The van der Waals surface area contributed by atoms with Gasteiger partial charge in [-0.05, 0) is 30.2 Å². The van der Waals surface area contributed by atoms with Gasteiger partial charge in [0.15, 0.2) is 17.5 Å². The number of hydrogen-bond donors (Lipinski definition) is 1. The summed E-state index contributed by atoms with van der Waals surface area (Å²) in [5, 5.41) is 3.45. The lowest BCUT2D eigenvalue weighted by Gasteiger charge is -2.36. The van der Waals surface area contributed by atoms with Gasteiger partial charge in [-0.15, -0.1) is 0 Å². The van der Waals surface area contributed by atoms with Crippen molar-refractivity contribution in [2.75, 3.05) is 51.8 Å². The molecule has 0 saturated carbocycles. The van der Waals surface area contributed by atoms with E-state index in [-0.39, 0.29) is 0 Å². The Balaban J connectivity index is 1.54. The third-order valence-electron chi connectivity index (χ3n) is 4.77. The molecular weight excluding hydrogens is 368 g/mol. The van der Waals surface area contributed by atoms with Crippen LogP contribution in [0.15, 0.2) is 41.7 Å². The molecule has 8 heteroatoms. The van der Waals surface area contributed by atoms with Gasteiger partial charge in [0.2, 0.25) is 5.95 Å². The fraction of sp³-hybridized carbons (Fsp3) is 0.476. The average molecular weight is 399 g/mol. The van der Waals surface area contributed by atoms with Crippen LogP contribution in [0, 0.1) is 0 Å². The minimum Gasteiger partial charge on any atom is -0.493 e. The molecule has 1 saturated heterocycles. The number of rotatable bonds is 7. The second kappa shape index (κ2) is 10.5. The summed E-state index contributed by atoms with van der Waals surface area (Å²) in [5.41, 5.74) is 1.11. The Morgan fingerprint density at radius 3 is 2.55 bits per heavy atom. The molecule has 156 valence electrons. The van der Waals surface area contributed by atoms with Crippen molar-refractivity contribution in [3.63, 3.8) is 0 Å². The summed E-state index contributed by atoms with van der Waals surface area (Å²) in [6.07, 6.45) is 4.52. The quantitative estimate of drug-likeness (QED) is 0.566. The van der Waals surface area contributed by atoms with Gasteiger partial charge in [0.05, 0.1) is 13.7 Å². The first-order valence-corrected chi connectivity index (χ1v) is 10.0. The van der Waals surface area contributed by atoms with E-state index in [0.717, 1.165) is 61.6 Å². The highest BCUT2D eigenvalue weighted by Crippen LogP contribution is 2.28. The number of benzene rings is 1. The van der Waals surface area contributed by atoms with Crippen molar-refractivity contribution in [2.24, 2.45) is 4.99 Å². The van der Waals surface area contributed by atoms with E-state index in [0.29, 0.717) is 13.2 Å². The first kappa shape index (κ1) is 20.7. The fourth-order valence-electron chi connectivity index (χ4n) is 3.24. The summed E-state index contributed by atoms with van der Waals surface area (Å²) in [4.78, 5) is 17.6. The number of aliphatic imine (C=N–C) groups is 1. The van der Waals surface area contributed by atoms with Crippen LogP contribution < -0.4 is 19.7 Å². The lowest BCUT2D eigenvalue weighted by molar-refractivity contribution is 0.294. The first-order valence-electron chi connectivity index (χ1n) is 10.0. The Morgan fingerprint density at radius 1 is 1.14 bits per heavy atom. The molecule has 2 heterocycles. The van der Waals surface area contributed by atoms with E-state index in [1.54, 1.807) is 19.5 Å². The molecule has 3 rings (SSSR count). The van der Waals surface area contributed by atoms with Gasteiger partial charge < -0.3 is 24.6 Å². The summed E-state index contributed by atoms with van der Waals surface area (Å²) in [7, 11) is 3.48. The van der Waals surface area contributed by atoms with Crippen LogP contribution in [0.2, 0.25) is 0 Å². The minimum atomic E-state index is 0.666. The van der Waals surface area contributed by atoms with Gasteiger partial charge in [-0.3, -0.25) is 4.99 Å². The van der Waals surface area contributed by atoms with Crippen molar-refractivity contribution >= 4 is 11.9 Å². The number of hydrogen-bond acceptors (Lipinski definition) is 6. The summed E-state index contributed by atoms with van der Waals surface area (Å²) >= 11 is 0. The third-order valence-corrected chi connectivity index (χ3v) is 4.77. The normalized spacial score (nSPS) is 14.7. The van der Waals surface area contributed by atoms with Crippen LogP contribution in [-0.4, -0.2) is 67.8 Å². The molecule has 1 aromatic carbocycles. The Hall–Kier alpha value is -3.03. The van der Waals surface area contributed by atoms with Gasteiger partial charge in [-0.1, -0.05) is 13.0 Å². The van der Waals surface area contributed by atoms with E-state index in [1.807, 2.05) is 25.2 Å². The highest BCUT2D eigenvalue weighted by atomic mass is 16.5. The summed E-state index contributed by atoms with van der Waals surface area (Å²) in [5.74, 6) is 3.21. The minimum absolute atomic E-state index is 0.666. The van der Waals surface area contributed by atoms with Gasteiger partial charge in [0.1, 0.15) is 0 Å². The Bertz CT molecular complexity index is 791. The largest absolute Gasteiger partial charge is 0.493 e. The maximum atomic E-state index is 5.73. The van der Waals surface area contributed by atoms with Crippen molar-refractivity contribution in [2.45, 2.75) is 19.9 Å². The van der Waals surface area contributed by atoms with Crippen LogP contribution in [0.3, 0.4) is 0 Å². The Kier molecular flexibility index (Phi) is 7.49. The molecule has 0 aliphatic carbocycles. The van der Waals surface area contributed by atoms with Crippen molar-refractivity contribution in [1.29, 1.82) is 0 Å². The molecule has 0 radical (unpaired) electrons. The number of nitrogens with zero attached hydrogens (tertiary/aromatic N) is 5. The van der Waals surface area contributed by atoms with Gasteiger partial charge in [0.25, 0.3) is 0 Å². The van der Waals surface area contributed by atoms with E-state index in [4.69, 9.17) is 9.47 Å². The van der Waals surface area contributed by atoms with Gasteiger partial charge in [-0.2, -0.15) is 0 Å². The standard InChI is InChI=1S/C21H30N6O2/c1-4-14-29-18-7-6-17(15-19(18)28-3)16-25-20(22-2)26-10-12-27(13-11-26)21-23-8-5-9-24-21/h5-9,15H,4,10-14,16H2,1-3H3,(H,22,25). The zero-order valence-corrected chi connectivity index (χ0v) is 17.5. The lowest BCUT2D eigenvalue weighted by Crippen LogP contribution is -2.52. The predicted molar refractivity (Wildman–Crippen MR) is 115 cm³/mol. The molecule has 0 atom stereocenters. The van der Waals surface area contributed by atoms with E-state index < -0.39 is 0 Å². The van der Waals surface area contributed by atoms with Crippen molar-refractivity contribution in [3.8, 4) is 11.5 Å². The summed E-state index contributed by atoms with van der Waals surface area (Å²) in [6.45, 7) is 6.89. The second-order valence-corrected chi connectivity index (χ2v) is 6.76. The molecule has 1 aromatic heterocycles. The molecule has 29 heavy (non-hydrogen) atoms. The molecule has 2 aromatic rings. The highest BCUT2D eigenvalue weighted by molar-refractivity contribution is 5.80. The van der Waals surface area contributed by atoms with Gasteiger partial charge in [-0.25, -0.2) is 9.97 Å². The number of piperazine rings is 1. The molecule has 8 nitrogen and oxygen atoms in total. The van der Waals surface area contributed by atoms with Crippen LogP contribution in [0.4, 0.5) is 5.95 Å². The molecule has 1 aliphatic rings. The van der Waals surface area contributed by atoms with Crippen LogP contribution in [0.25, 0.3) is 0 Å². The van der Waals surface area contributed by atoms with Crippen LogP contribution in [0.5, 0.6) is 11.5 Å². The lowest BCUT2D eigenvalue weighted by atomic mass is 10.2. The topological polar surface area (TPSA) is 75.1 Å². The van der Waals surface area contributed by atoms with E-state index in [1.165, 1.54) is 0 Å². The second-order valence-electron chi connectivity index (χ2n) is 6.76. The smallest absolute Gasteiger partial charge is 0.225 e. The third kappa shape index (κ3) is 5.49. The number of aromatic nitrogens is 2. The maximum absolute atomic E-state index is 5.73. The summed E-state index contributed by atoms with van der Waals surface area (Å²) in [6, 6.07) is 7.87. The number of methoxy groups -OCH3 is 1. The van der Waals surface area contributed by atoms with Crippen LogP contribution >= 0.6 is 0 Å². The van der Waals surface area contributed by atoms with Crippen LogP contribution in [0.1, 0.15) is 18.9 Å². The maximum Gasteiger partial charge on any atom is 0.225 e. The van der Waals surface area contributed by atoms with Crippen molar-refractivity contribution < 1.29 is 9.47 Å².